The number of rotatable bonds is 6. The number of benzene rings is 1. The van der Waals surface area contributed by atoms with Crippen LogP contribution in [0.4, 0.5) is 0 Å². The molecule has 0 spiro atoms. The molecule has 0 aliphatic carbocycles. The van der Waals surface area contributed by atoms with Crippen LogP contribution in [0, 0.1) is 13.8 Å². The van der Waals surface area contributed by atoms with Crippen molar-refractivity contribution in [1.82, 2.24) is 10.3 Å². The van der Waals surface area contributed by atoms with Gasteiger partial charge in [0.05, 0.1) is 0 Å². The van der Waals surface area contributed by atoms with Crippen molar-refractivity contribution in [2.24, 2.45) is 0 Å². The van der Waals surface area contributed by atoms with E-state index in [1.807, 2.05) is 30.0 Å². The molecule has 0 unspecified atom stereocenters. The van der Waals surface area contributed by atoms with Gasteiger partial charge in [0.15, 0.2) is 0 Å². The van der Waals surface area contributed by atoms with Gasteiger partial charge in [-0.1, -0.05) is 0 Å². The zero-order chi connectivity index (χ0) is 14.5. The highest BCUT2D eigenvalue weighted by Crippen LogP contribution is 2.22. The molecule has 0 aliphatic heterocycles. The van der Waals surface area contributed by atoms with Crippen LogP contribution in [0.5, 0.6) is 0 Å². The van der Waals surface area contributed by atoms with Crippen molar-refractivity contribution < 1.29 is 4.79 Å². The number of aromatic amines is 1. The molecule has 0 saturated carbocycles. The SMILES string of the molecule is CSCCCCNC(=O)c1ccc2[nH]c(C)c(C)c2c1. The molecule has 0 bridgehead atoms. The second kappa shape index (κ2) is 6.84. The van der Waals surface area contributed by atoms with Crippen molar-refractivity contribution in [3.8, 4) is 0 Å². The third-order valence-electron chi connectivity index (χ3n) is 3.63. The minimum absolute atomic E-state index is 0.0225. The Labute approximate surface area is 124 Å². The van der Waals surface area contributed by atoms with E-state index in [-0.39, 0.29) is 5.91 Å². The maximum Gasteiger partial charge on any atom is 0.251 e. The fraction of sp³-hybridized carbons (Fsp3) is 0.438. The average molecular weight is 290 g/mol. The summed E-state index contributed by atoms with van der Waals surface area (Å²) in [5.41, 5.74) is 4.21. The zero-order valence-electron chi connectivity index (χ0n) is 12.4. The highest BCUT2D eigenvalue weighted by Gasteiger charge is 2.09. The van der Waals surface area contributed by atoms with Gasteiger partial charge in [0, 0.05) is 28.7 Å². The predicted molar refractivity (Wildman–Crippen MR) is 87.7 cm³/mol. The number of fused-ring (bicyclic) bond motifs is 1. The molecular formula is C16H22N2OS. The summed E-state index contributed by atoms with van der Waals surface area (Å²) in [5, 5.41) is 4.13. The fourth-order valence-corrected chi connectivity index (χ4v) is 2.77. The number of hydrogen-bond donors (Lipinski definition) is 2. The Morgan fingerprint density at radius 2 is 2.10 bits per heavy atom. The molecular weight excluding hydrogens is 268 g/mol. The Morgan fingerprint density at radius 3 is 2.85 bits per heavy atom. The molecule has 0 fully saturated rings. The van der Waals surface area contributed by atoms with E-state index in [0.29, 0.717) is 0 Å². The molecule has 1 heterocycles. The maximum atomic E-state index is 12.1. The second-order valence-electron chi connectivity index (χ2n) is 5.09. The summed E-state index contributed by atoms with van der Waals surface area (Å²) < 4.78 is 0. The van der Waals surface area contributed by atoms with Crippen molar-refractivity contribution in [3.63, 3.8) is 0 Å². The minimum Gasteiger partial charge on any atom is -0.358 e. The lowest BCUT2D eigenvalue weighted by molar-refractivity contribution is 0.0953. The third-order valence-corrected chi connectivity index (χ3v) is 4.33. The van der Waals surface area contributed by atoms with Crippen LogP contribution in [0.15, 0.2) is 18.2 Å². The van der Waals surface area contributed by atoms with Gasteiger partial charge in [0.1, 0.15) is 0 Å². The number of carbonyl (C=O) groups excluding carboxylic acids is 1. The molecule has 0 saturated heterocycles. The Hall–Kier alpha value is -1.42. The van der Waals surface area contributed by atoms with Crippen molar-refractivity contribution in [1.29, 1.82) is 0 Å². The molecule has 1 aromatic heterocycles. The number of nitrogens with one attached hydrogen (secondary N) is 2. The van der Waals surface area contributed by atoms with Crippen LogP contribution < -0.4 is 5.32 Å². The van der Waals surface area contributed by atoms with Crippen LogP contribution in [0.3, 0.4) is 0 Å². The number of thioether (sulfide) groups is 1. The molecule has 0 aliphatic rings. The molecule has 108 valence electrons. The number of unbranched alkanes of at least 4 members (excludes halogenated alkanes) is 1. The van der Waals surface area contributed by atoms with Crippen LogP contribution in [0.2, 0.25) is 0 Å². The first-order valence-electron chi connectivity index (χ1n) is 6.99. The predicted octanol–water partition coefficient (Wildman–Crippen LogP) is 3.66. The highest BCUT2D eigenvalue weighted by atomic mass is 32.2. The number of aromatic nitrogens is 1. The van der Waals surface area contributed by atoms with Crippen LogP contribution >= 0.6 is 11.8 Å². The van der Waals surface area contributed by atoms with E-state index >= 15 is 0 Å². The van der Waals surface area contributed by atoms with Gasteiger partial charge in [-0.05, 0) is 62.5 Å². The van der Waals surface area contributed by atoms with Gasteiger partial charge >= 0.3 is 0 Å². The smallest absolute Gasteiger partial charge is 0.251 e. The lowest BCUT2D eigenvalue weighted by Crippen LogP contribution is -2.24. The quantitative estimate of drug-likeness (QED) is 0.798. The van der Waals surface area contributed by atoms with E-state index in [9.17, 15) is 4.79 Å². The van der Waals surface area contributed by atoms with E-state index in [0.717, 1.165) is 47.3 Å². The molecule has 2 N–H and O–H groups in total. The van der Waals surface area contributed by atoms with Gasteiger partial charge in [-0.15, -0.1) is 0 Å². The maximum absolute atomic E-state index is 12.1. The molecule has 3 nitrogen and oxygen atoms in total. The molecule has 2 rings (SSSR count). The Balaban J connectivity index is 2.01. The Morgan fingerprint density at radius 1 is 1.30 bits per heavy atom. The number of amides is 1. The number of hydrogen-bond acceptors (Lipinski definition) is 2. The van der Waals surface area contributed by atoms with Gasteiger partial charge in [-0.3, -0.25) is 4.79 Å². The van der Waals surface area contributed by atoms with Crippen molar-refractivity contribution in [2.45, 2.75) is 26.7 Å². The van der Waals surface area contributed by atoms with Crippen LogP contribution in [0.25, 0.3) is 10.9 Å². The summed E-state index contributed by atoms with van der Waals surface area (Å²) >= 11 is 1.85. The summed E-state index contributed by atoms with van der Waals surface area (Å²) in [5.74, 6) is 1.18. The normalized spacial score (nSPS) is 10.9. The Kier molecular flexibility index (Phi) is 5.12. The van der Waals surface area contributed by atoms with Gasteiger partial charge < -0.3 is 10.3 Å². The fourth-order valence-electron chi connectivity index (χ4n) is 2.28. The van der Waals surface area contributed by atoms with E-state index in [2.05, 4.69) is 30.4 Å². The summed E-state index contributed by atoms with van der Waals surface area (Å²) in [6.07, 6.45) is 4.29. The summed E-state index contributed by atoms with van der Waals surface area (Å²) in [4.78, 5) is 15.4. The van der Waals surface area contributed by atoms with E-state index in [1.165, 1.54) is 5.56 Å². The van der Waals surface area contributed by atoms with Gasteiger partial charge in [0.2, 0.25) is 0 Å². The van der Waals surface area contributed by atoms with Crippen LogP contribution in [-0.4, -0.2) is 29.4 Å². The number of aryl methyl sites for hydroxylation is 2. The largest absolute Gasteiger partial charge is 0.358 e. The lowest BCUT2D eigenvalue weighted by Gasteiger charge is -2.05. The summed E-state index contributed by atoms with van der Waals surface area (Å²) in [6, 6.07) is 5.85. The first-order chi connectivity index (χ1) is 9.63. The Bertz CT molecular complexity index is 604. The van der Waals surface area contributed by atoms with E-state index in [4.69, 9.17) is 0 Å². The molecule has 1 amide bonds. The van der Waals surface area contributed by atoms with Gasteiger partial charge in [-0.2, -0.15) is 11.8 Å². The van der Waals surface area contributed by atoms with Gasteiger partial charge in [0.25, 0.3) is 5.91 Å². The van der Waals surface area contributed by atoms with Crippen LogP contribution in [-0.2, 0) is 0 Å². The summed E-state index contributed by atoms with van der Waals surface area (Å²) in [7, 11) is 0. The minimum atomic E-state index is 0.0225. The molecule has 0 atom stereocenters. The highest BCUT2D eigenvalue weighted by molar-refractivity contribution is 7.98. The third kappa shape index (κ3) is 3.37. The number of carbonyl (C=O) groups is 1. The zero-order valence-corrected chi connectivity index (χ0v) is 13.2. The number of H-pyrrole nitrogens is 1. The van der Waals surface area contributed by atoms with E-state index in [1.54, 1.807) is 0 Å². The van der Waals surface area contributed by atoms with Gasteiger partial charge in [-0.25, -0.2) is 0 Å². The summed E-state index contributed by atoms with van der Waals surface area (Å²) in [6.45, 7) is 4.89. The molecule has 20 heavy (non-hydrogen) atoms. The molecule has 0 radical (unpaired) electrons. The van der Waals surface area contributed by atoms with Crippen molar-refractivity contribution in [2.75, 3.05) is 18.6 Å². The monoisotopic (exact) mass is 290 g/mol. The average Bonchev–Trinajstić information content (AvgIpc) is 2.73. The molecule has 2 aromatic rings. The molecule has 1 aromatic carbocycles. The topological polar surface area (TPSA) is 44.9 Å². The first-order valence-corrected chi connectivity index (χ1v) is 8.39. The van der Waals surface area contributed by atoms with Crippen molar-refractivity contribution >= 4 is 28.6 Å². The van der Waals surface area contributed by atoms with Crippen molar-refractivity contribution in [3.05, 3.63) is 35.0 Å². The second-order valence-corrected chi connectivity index (χ2v) is 6.08. The first kappa shape index (κ1) is 15.0. The lowest BCUT2D eigenvalue weighted by atomic mass is 10.1. The molecule has 4 heteroatoms. The standard InChI is InChI=1S/C16H22N2OS/c1-11-12(2)18-15-7-6-13(10-14(11)15)16(19)17-8-4-5-9-20-3/h6-7,10,18H,4-5,8-9H2,1-3H3,(H,17,19). The van der Waals surface area contributed by atoms with E-state index < -0.39 is 0 Å². The van der Waals surface area contributed by atoms with Crippen LogP contribution in [0.1, 0.15) is 34.5 Å².